The van der Waals surface area contributed by atoms with Crippen LogP contribution in [0.2, 0.25) is 0 Å². The summed E-state index contributed by atoms with van der Waals surface area (Å²) in [5, 5.41) is 18.5. The van der Waals surface area contributed by atoms with Crippen LogP contribution in [-0.4, -0.2) is 65.5 Å². The first-order valence-electron chi connectivity index (χ1n) is 13.5. The van der Waals surface area contributed by atoms with Gasteiger partial charge in [0.2, 0.25) is 0 Å². The van der Waals surface area contributed by atoms with Crippen LogP contribution in [0.5, 0.6) is 0 Å². The molecule has 192 valence electrons. The van der Waals surface area contributed by atoms with E-state index in [1.165, 1.54) is 18.5 Å². The molecule has 2 atom stereocenters. The molecule has 1 aliphatic heterocycles. The molecule has 2 unspecified atom stereocenters. The minimum absolute atomic E-state index is 0.0751. The van der Waals surface area contributed by atoms with Crippen LogP contribution < -0.4 is 4.90 Å². The molecule has 4 rings (SSSR count). The lowest BCUT2D eigenvalue weighted by molar-refractivity contribution is 0.149. The third-order valence-electron chi connectivity index (χ3n) is 8.60. The van der Waals surface area contributed by atoms with Gasteiger partial charge in [0.25, 0.3) is 0 Å². The second-order valence-electron chi connectivity index (χ2n) is 11.8. The molecule has 5 heteroatoms. The zero-order valence-electron chi connectivity index (χ0n) is 22.2. The molecule has 0 amide bonds. The molecule has 1 saturated heterocycles. The Bertz CT molecular complexity index is 954. The van der Waals surface area contributed by atoms with Crippen LogP contribution >= 0.6 is 0 Å². The first-order valence-corrected chi connectivity index (χ1v) is 13.5. The molecular formula is C30H45N3O2. The van der Waals surface area contributed by atoms with Crippen LogP contribution in [0.25, 0.3) is 0 Å². The quantitative estimate of drug-likeness (QED) is 0.509. The Balaban J connectivity index is 1.43. The lowest BCUT2D eigenvalue weighted by Crippen LogP contribution is -2.50. The van der Waals surface area contributed by atoms with Gasteiger partial charge in [0, 0.05) is 50.4 Å². The second kappa shape index (κ2) is 11.0. The molecule has 2 heterocycles. The minimum Gasteiger partial charge on any atom is -0.396 e. The zero-order valence-corrected chi connectivity index (χ0v) is 22.2. The van der Waals surface area contributed by atoms with Gasteiger partial charge >= 0.3 is 0 Å². The highest BCUT2D eigenvalue weighted by Gasteiger charge is 2.40. The molecule has 1 fully saturated rings. The van der Waals surface area contributed by atoms with Gasteiger partial charge in [-0.3, -0.25) is 4.90 Å². The van der Waals surface area contributed by atoms with Gasteiger partial charge in [0.1, 0.15) is 5.82 Å². The van der Waals surface area contributed by atoms with E-state index < -0.39 is 0 Å². The summed E-state index contributed by atoms with van der Waals surface area (Å²) in [6.07, 6.45) is 13.9. The van der Waals surface area contributed by atoms with Crippen LogP contribution in [0.1, 0.15) is 71.4 Å². The topological polar surface area (TPSA) is 59.8 Å². The Morgan fingerprint density at radius 2 is 1.77 bits per heavy atom. The van der Waals surface area contributed by atoms with Gasteiger partial charge in [-0.25, -0.2) is 4.98 Å². The monoisotopic (exact) mass is 479 g/mol. The summed E-state index contributed by atoms with van der Waals surface area (Å²) in [7, 11) is 0. The summed E-state index contributed by atoms with van der Waals surface area (Å²) >= 11 is 0. The average Bonchev–Trinajstić information content (AvgIpc) is 2.86. The Hall–Kier alpha value is -1.95. The fourth-order valence-corrected chi connectivity index (χ4v) is 6.16. The number of piperazine rings is 1. The Labute approximate surface area is 212 Å². The number of allylic oxidation sites excluding steroid dienone is 4. The third-order valence-corrected chi connectivity index (χ3v) is 8.60. The third kappa shape index (κ3) is 5.90. The van der Waals surface area contributed by atoms with Crippen molar-refractivity contribution in [3.63, 3.8) is 0 Å². The van der Waals surface area contributed by atoms with Gasteiger partial charge in [0.15, 0.2) is 0 Å². The summed E-state index contributed by atoms with van der Waals surface area (Å²) in [6, 6.07) is 6.85. The number of nitrogens with zero attached hydrogens (tertiary/aromatic N) is 3. The molecule has 0 spiro atoms. The van der Waals surface area contributed by atoms with Crippen molar-refractivity contribution < 1.29 is 10.2 Å². The molecule has 0 aromatic carbocycles. The summed E-state index contributed by atoms with van der Waals surface area (Å²) in [5.74, 6) is 1.42. The SMILES string of the molecule is CC1(C)CCC(C)(C)C2=C1C=CC(c1cccc(N3CCN(C(C/C=C/CO)CCO)CC3)n1)C2. The van der Waals surface area contributed by atoms with E-state index >= 15 is 0 Å². The second-order valence-corrected chi connectivity index (χ2v) is 11.8. The first kappa shape index (κ1) is 26.1. The van der Waals surface area contributed by atoms with E-state index in [1.54, 1.807) is 17.2 Å². The highest BCUT2D eigenvalue weighted by molar-refractivity contribution is 5.45. The molecule has 0 bridgehead atoms. The molecule has 35 heavy (non-hydrogen) atoms. The molecule has 0 radical (unpaired) electrons. The standard InChI is InChI=1S/C30H45N3O2/c1-29(2)14-15-30(3,4)26-22-23(11-12-25(26)29)27-9-7-10-28(31-27)33-18-16-32(17-19-33)24(13-21-35)8-5-6-20-34/h5-7,9-12,23-24,34-35H,8,13-22H2,1-4H3/b6-5+. The smallest absolute Gasteiger partial charge is 0.128 e. The number of anilines is 1. The van der Waals surface area contributed by atoms with Crippen LogP contribution in [0.15, 0.2) is 53.6 Å². The number of pyridine rings is 1. The summed E-state index contributed by atoms with van der Waals surface area (Å²) < 4.78 is 0. The van der Waals surface area contributed by atoms with Crippen molar-refractivity contribution in [2.75, 3.05) is 44.3 Å². The van der Waals surface area contributed by atoms with Crippen molar-refractivity contribution in [1.82, 2.24) is 9.88 Å². The largest absolute Gasteiger partial charge is 0.396 e. The number of rotatable bonds is 8. The maximum Gasteiger partial charge on any atom is 0.128 e. The maximum absolute atomic E-state index is 9.51. The van der Waals surface area contributed by atoms with E-state index in [2.05, 4.69) is 67.8 Å². The van der Waals surface area contributed by atoms with Crippen LogP contribution in [0.4, 0.5) is 5.82 Å². The maximum atomic E-state index is 9.51. The summed E-state index contributed by atoms with van der Waals surface area (Å²) in [5.41, 5.74) is 4.90. The van der Waals surface area contributed by atoms with Crippen molar-refractivity contribution in [1.29, 1.82) is 0 Å². The normalized spacial score (nSPS) is 25.2. The predicted octanol–water partition coefficient (Wildman–Crippen LogP) is 5.08. The molecule has 0 saturated carbocycles. The number of aliphatic hydroxyl groups is 2. The Morgan fingerprint density at radius 1 is 1.03 bits per heavy atom. The predicted molar refractivity (Wildman–Crippen MR) is 145 cm³/mol. The van der Waals surface area contributed by atoms with Gasteiger partial charge in [-0.05, 0) is 60.6 Å². The molecule has 3 aliphatic rings. The fraction of sp³-hybridized carbons (Fsp3) is 0.633. The lowest BCUT2D eigenvalue weighted by Gasteiger charge is -2.45. The van der Waals surface area contributed by atoms with Gasteiger partial charge in [0.05, 0.1) is 6.61 Å². The van der Waals surface area contributed by atoms with Crippen molar-refractivity contribution in [2.45, 2.75) is 71.8 Å². The van der Waals surface area contributed by atoms with Crippen molar-refractivity contribution in [3.05, 3.63) is 59.3 Å². The van der Waals surface area contributed by atoms with E-state index in [9.17, 15) is 5.11 Å². The summed E-state index contributed by atoms with van der Waals surface area (Å²) in [6.45, 7) is 13.7. The highest BCUT2D eigenvalue weighted by atomic mass is 16.3. The van der Waals surface area contributed by atoms with Crippen molar-refractivity contribution in [2.24, 2.45) is 10.8 Å². The van der Waals surface area contributed by atoms with E-state index in [-0.39, 0.29) is 24.0 Å². The molecule has 2 aliphatic carbocycles. The van der Waals surface area contributed by atoms with Gasteiger partial charge in [-0.15, -0.1) is 0 Å². The minimum atomic E-state index is 0.0751. The van der Waals surface area contributed by atoms with Crippen LogP contribution in [0.3, 0.4) is 0 Å². The Kier molecular flexibility index (Phi) is 8.19. The van der Waals surface area contributed by atoms with Gasteiger partial charge in [-0.1, -0.05) is 63.6 Å². The molecule has 1 aromatic heterocycles. The zero-order chi connectivity index (χ0) is 25.1. The molecule has 1 aromatic rings. The van der Waals surface area contributed by atoms with Gasteiger partial charge < -0.3 is 15.1 Å². The molecular weight excluding hydrogens is 434 g/mol. The first-order chi connectivity index (χ1) is 16.7. The van der Waals surface area contributed by atoms with E-state index in [1.807, 2.05) is 6.08 Å². The number of aromatic nitrogens is 1. The van der Waals surface area contributed by atoms with Crippen LogP contribution in [0, 0.1) is 10.8 Å². The van der Waals surface area contributed by atoms with E-state index in [0.29, 0.717) is 12.0 Å². The van der Waals surface area contributed by atoms with E-state index in [4.69, 9.17) is 10.1 Å². The van der Waals surface area contributed by atoms with Crippen molar-refractivity contribution in [3.8, 4) is 0 Å². The van der Waals surface area contributed by atoms with E-state index in [0.717, 1.165) is 51.3 Å². The van der Waals surface area contributed by atoms with Gasteiger partial charge in [-0.2, -0.15) is 0 Å². The average molecular weight is 480 g/mol. The molecule has 5 nitrogen and oxygen atoms in total. The highest BCUT2D eigenvalue weighted by Crippen LogP contribution is 2.53. The number of aliphatic hydroxyl groups excluding tert-OH is 2. The lowest BCUT2D eigenvalue weighted by atomic mass is 9.60. The number of hydrogen-bond acceptors (Lipinski definition) is 5. The summed E-state index contributed by atoms with van der Waals surface area (Å²) in [4.78, 5) is 10.0. The van der Waals surface area contributed by atoms with Crippen LogP contribution in [-0.2, 0) is 0 Å². The number of hydrogen-bond donors (Lipinski definition) is 2. The van der Waals surface area contributed by atoms with Crippen molar-refractivity contribution >= 4 is 5.82 Å². The molecule has 2 N–H and O–H groups in total. The fourth-order valence-electron chi connectivity index (χ4n) is 6.16. The Morgan fingerprint density at radius 3 is 2.49 bits per heavy atom.